The van der Waals surface area contributed by atoms with Crippen LogP contribution in [0.5, 0.6) is 0 Å². The van der Waals surface area contributed by atoms with E-state index in [2.05, 4.69) is 19.2 Å². The number of hydrogen-bond acceptors (Lipinski definition) is 2. The Hall–Kier alpha value is -0.0800. The van der Waals surface area contributed by atoms with Gasteiger partial charge in [0.15, 0.2) is 0 Å². The smallest absolute Gasteiger partial charge is 0.0622 e. The minimum absolute atomic E-state index is 0.620. The van der Waals surface area contributed by atoms with Crippen LogP contribution in [0.3, 0.4) is 0 Å². The molecule has 0 radical (unpaired) electrons. The normalized spacial score (nSPS) is 41.7. The molecule has 2 nitrogen and oxygen atoms in total. The standard InChI is InChI=1S/C17H31NO/c1-3-5-18-16(11-19-4-2)17-14-7-12-6-13(9-14)10-15(17)8-12/h12-18H,3-11H2,1-2H3. The van der Waals surface area contributed by atoms with E-state index in [1.54, 1.807) is 6.42 Å². The van der Waals surface area contributed by atoms with Crippen LogP contribution in [0.2, 0.25) is 0 Å². The topological polar surface area (TPSA) is 21.3 Å². The monoisotopic (exact) mass is 265 g/mol. The van der Waals surface area contributed by atoms with Gasteiger partial charge in [-0.15, -0.1) is 0 Å². The maximum atomic E-state index is 5.79. The molecule has 0 amide bonds. The van der Waals surface area contributed by atoms with Crippen LogP contribution < -0.4 is 5.32 Å². The van der Waals surface area contributed by atoms with Crippen molar-refractivity contribution >= 4 is 0 Å². The van der Waals surface area contributed by atoms with E-state index in [0.717, 1.165) is 49.3 Å². The predicted molar refractivity (Wildman–Crippen MR) is 79.1 cm³/mol. The third-order valence-electron chi connectivity index (χ3n) is 5.92. The van der Waals surface area contributed by atoms with Crippen LogP contribution in [0.25, 0.3) is 0 Å². The lowest BCUT2D eigenvalue weighted by molar-refractivity contribution is -0.0641. The van der Waals surface area contributed by atoms with Crippen molar-refractivity contribution < 1.29 is 4.74 Å². The third kappa shape index (κ3) is 2.85. The minimum atomic E-state index is 0.620. The lowest BCUT2D eigenvalue weighted by Crippen LogP contribution is -2.54. The Morgan fingerprint density at radius 1 is 1.00 bits per heavy atom. The number of ether oxygens (including phenoxy) is 1. The second-order valence-electron chi connectivity index (χ2n) is 7.23. The Labute approximate surface area is 118 Å². The summed E-state index contributed by atoms with van der Waals surface area (Å²) in [6.07, 6.45) is 8.87. The molecule has 4 fully saturated rings. The molecular formula is C17H31NO. The van der Waals surface area contributed by atoms with Crippen LogP contribution >= 0.6 is 0 Å². The van der Waals surface area contributed by atoms with E-state index in [4.69, 9.17) is 4.74 Å². The summed E-state index contributed by atoms with van der Waals surface area (Å²) in [7, 11) is 0. The van der Waals surface area contributed by atoms with Crippen LogP contribution in [0.15, 0.2) is 0 Å². The van der Waals surface area contributed by atoms with Gasteiger partial charge in [-0.05, 0) is 81.6 Å². The fourth-order valence-electron chi connectivity index (χ4n) is 5.50. The molecule has 1 N–H and O–H groups in total. The molecule has 0 aliphatic heterocycles. The van der Waals surface area contributed by atoms with E-state index in [0.29, 0.717) is 6.04 Å². The van der Waals surface area contributed by atoms with E-state index < -0.39 is 0 Å². The summed E-state index contributed by atoms with van der Waals surface area (Å²) < 4.78 is 5.79. The first-order valence-corrected chi connectivity index (χ1v) is 8.62. The molecule has 0 saturated heterocycles. The average molecular weight is 265 g/mol. The van der Waals surface area contributed by atoms with Crippen molar-refractivity contribution in [3.63, 3.8) is 0 Å². The lowest BCUT2D eigenvalue weighted by atomic mass is 9.50. The van der Waals surface area contributed by atoms with E-state index in [1.807, 2.05) is 0 Å². The molecule has 4 saturated carbocycles. The largest absolute Gasteiger partial charge is 0.380 e. The maximum Gasteiger partial charge on any atom is 0.0622 e. The minimum Gasteiger partial charge on any atom is -0.380 e. The molecule has 4 rings (SSSR count). The lowest BCUT2D eigenvalue weighted by Gasteiger charge is -2.56. The Kier molecular flexibility index (Phi) is 4.48. The zero-order valence-corrected chi connectivity index (χ0v) is 12.7. The van der Waals surface area contributed by atoms with Gasteiger partial charge in [-0.1, -0.05) is 6.92 Å². The quantitative estimate of drug-likeness (QED) is 0.761. The molecule has 4 aliphatic rings. The number of nitrogens with one attached hydrogen (secondary N) is 1. The Bertz CT molecular complexity index is 255. The summed E-state index contributed by atoms with van der Waals surface area (Å²) in [5.74, 6) is 5.08. The maximum absolute atomic E-state index is 5.79. The van der Waals surface area contributed by atoms with Crippen LogP contribution in [0, 0.1) is 29.6 Å². The van der Waals surface area contributed by atoms with Gasteiger partial charge >= 0.3 is 0 Å². The molecular weight excluding hydrogens is 234 g/mol. The van der Waals surface area contributed by atoms with E-state index in [1.165, 1.54) is 32.1 Å². The second kappa shape index (κ2) is 6.13. The van der Waals surface area contributed by atoms with Gasteiger partial charge in [0, 0.05) is 12.6 Å². The molecule has 4 aliphatic carbocycles. The molecule has 0 spiro atoms. The van der Waals surface area contributed by atoms with Crippen LogP contribution in [0.4, 0.5) is 0 Å². The van der Waals surface area contributed by atoms with Gasteiger partial charge in [-0.2, -0.15) is 0 Å². The Morgan fingerprint density at radius 3 is 2.16 bits per heavy atom. The Morgan fingerprint density at radius 2 is 1.63 bits per heavy atom. The Balaban J connectivity index is 1.66. The predicted octanol–water partition coefficient (Wildman–Crippen LogP) is 3.46. The number of rotatable bonds is 7. The zero-order valence-electron chi connectivity index (χ0n) is 12.7. The van der Waals surface area contributed by atoms with Gasteiger partial charge in [-0.3, -0.25) is 0 Å². The highest BCUT2D eigenvalue weighted by atomic mass is 16.5. The van der Waals surface area contributed by atoms with Crippen molar-refractivity contribution in [2.24, 2.45) is 29.6 Å². The summed E-state index contributed by atoms with van der Waals surface area (Å²) in [5.41, 5.74) is 0. The zero-order chi connectivity index (χ0) is 13.2. The van der Waals surface area contributed by atoms with Gasteiger partial charge in [0.2, 0.25) is 0 Å². The first-order valence-electron chi connectivity index (χ1n) is 8.62. The van der Waals surface area contributed by atoms with Crippen LogP contribution in [0.1, 0.15) is 52.4 Å². The summed E-state index contributed by atoms with van der Waals surface area (Å²) in [6, 6.07) is 0.620. The fraction of sp³-hybridized carbons (Fsp3) is 1.00. The van der Waals surface area contributed by atoms with Gasteiger partial charge in [-0.25, -0.2) is 0 Å². The molecule has 0 aromatic carbocycles. The van der Waals surface area contributed by atoms with Crippen molar-refractivity contribution in [3.05, 3.63) is 0 Å². The van der Waals surface area contributed by atoms with Crippen molar-refractivity contribution in [2.45, 2.75) is 58.4 Å². The van der Waals surface area contributed by atoms with E-state index in [9.17, 15) is 0 Å². The molecule has 0 heterocycles. The van der Waals surface area contributed by atoms with Crippen molar-refractivity contribution in [2.75, 3.05) is 19.8 Å². The van der Waals surface area contributed by atoms with Crippen molar-refractivity contribution in [3.8, 4) is 0 Å². The summed E-state index contributed by atoms with van der Waals surface area (Å²) in [4.78, 5) is 0. The van der Waals surface area contributed by atoms with Gasteiger partial charge in [0.05, 0.1) is 6.61 Å². The van der Waals surface area contributed by atoms with Gasteiger partial charge in [0.25, 0.3) is 0 Å². The molecule has 4 bridgehead atoms. The molecule has 2 heteroatoms. The fourth-order valence-corrected chi connectivity index (χ4v) is 5.50. The molecule has 1 atom stereocenters. The van der Waals surface area contributed by atoms with Gasteiger partial charge in [0.1, 0.15) is 0 Å². The molecule has 110 valence electrons. The van der Waals surface area contributed by atoms with E-state index >= 15 is 0 Å². The van der Waals surface area contributed by atoms with Crippen molar-refractivity contribution in [1.29, 1.82) is 0 Å². The molecule has 0 aromatic rings. The van der Waals surface area contributed by atoms with Crippen LogP contribution in [-0.4, -0.2) is 25.8 Å². The first kappa shape index (κ1) is 13.9. The molecule has 19 heavy (non-hydrogen) atoms. The summed E-state index contributed by atoms with van der Waals surface area (Å²) >= 11 is 0. The van der Waals surface area contributed by atoms with Gasteiger partial charge < -0.3 is 10.1 Å². The molecule has 1 unspecified atom stereocenters. The molecule has 0 aromatic heterocycles. The number of hydrogen-bond donors (Lipinski definition) is 1. The summed E-state index contributed by atoms with van der Waals surface area (Å²) in [6.45, 7) is 7.33. The second-order valence-corrected chi connectivity index (χ2v) is 7.23. The highest BCUT2D eigenvalue weighted by molar-refractivity contribution is 5.01. The van der Waals surface area contributed by atoms with Crippen LogP contribution in [-0.2, 0) is 4.74 Å². The SMILES string of the molecule is CCCNC(COCC)C1C2CC3CC(C2)CC1C3. The highest BCUT2D eigenvalue weighted by Gasteiger charge is 2.50. The first-order chi connectivity index (χ1) is 9.31. The average Bonchev–Trinajstić information content (AvgIpc) is 2.39. The highest BCUT2D eigenvalue weighted by Crippen LogP contribution is 2.57. The summed E-state index contributed by atoms with van der Waals surface area (Å²) in [5, 5.41) is 3.81. The van der Waals surface area contributed by atoms with Crippen molar-refractivity contribution in [1.82, 2.24) is 5.32 Å². The van der Waals surface area contributed by atoms with E-state index in [-0.39, 0.29) is 0 Å². The third-order valence-corrected chi connectivity index (χ3v) is 5.92.